The van der Waals surface area contributed by atoms with Crippen molar-refractivity contribution in [2.24, 2.45) is 0 Å². The molecule has 0 atom stereocenters. The highest BCUT2D eigenvalue weighted by Crippen LogP contribution is 2.35. The van der Waals surface area contributed by atoms with E-state index in [2.05, 4.69) is 21.2 Å². The van der Waals surface area contributed by atoms with Gasteiger partial charge in [0.1, 0.15) is 5.75 Å². The summed E-state index contributed by atoms with van der Waals surface area (Å²) < 4.78 is 6.57. The molecule has 31 heavy (non-hydrogen) atoms. The Kier molecular flexibility index (Phi) is 6.37. The van der Waals surface area contributed by atoms with E-state index in [4.69, 9.17) is 4.74 Å². The van der Waals surface area contributed by atoms with Crippen LogP contribution in [0.15, 0.2) is 71.2 Å². The van der Waals surface area contributed by atoms with Crippen molar-refractivity contribution in [3.05, 3.63) is 87.9 Å². The minimum atomic E-state index is -0.113. The first-order valence-electron chi connectivity index (χ1n) is 10.1. The van der Waals surface area contributed by atoms with Gasteiger partial charge in [0.15, 0.2) is 6.61 Å². The smallest absolute Gasteiger partial charge is 0.265 e. The molecule has 3 aromatic rings. The maximum Gasteiger partial charge on any atom is 0.265 e. The van der Waals surface area contributed by atoms with Crippen molar-refractivity contribution >= 4 is 39.1 Å². The van der Waals surface area contributed by atoms with Gasteiger partial charge in [0.05, 0.1) is 12.2 Å². The van der Waals surface area contributed by atoms with Gasteiger partial charge in [-0.15, -0.1) is 0 Å². The fourth-order valence-corrected chi connectivity index (χ4v) is 3.73. The van der Waals surface area contributed by atoms with Gasteiger partial charge in [-0.3, -0.25) is 9.59 Å². The van der Waals surface area contributed by atoms with Gasteiger partial charge in [-0.25, -0.2) is 0 Å². The van der Waals surface area contributed by atoms with E-state index in [1.807, 2.05) is 55.5 Å². The van der Waals surface area contributed by atoms with Crippen LogP contribution in [0.3, 0.4) is 0 Å². The minimum absolute atomic E-state index is 0.00574. The van der Waals surface area contributed by atoms with E-state index < -0.39 is 0 Å². The highest BCUT2D eigenvalue weighted by Gasteiger charge is 2.26. The van der Waals surface area contributed by atoms with Crippen LogP contribution >= 0.6 is 15.9 Å². The SMILES string of the molecule is Cc1ccc(CCC(=O)Nc2ccc3c(c2)N(Cc2ccc(Br)cc2)C(=O)CO3)cc1. The zero-order chi connectivity index (χ0) is 21.8. The molecule has 4 rings (SSSR count). The molecule has 0 radical (unpaired) electrons. The summed E-state index contributed by atoms with van der Waals surface area (Å²) in [6.45, 7) is 2.49. The van der Waals surface area contributed by atoms with E-state index >= 15 is 0 Å². The summed E-state index contributed by atoms with van der Waals surface area (Å²) in [6, 6.07) is 21.4. The van der Waals surface area contributed by atoms with Crippen LogP contribution in [0.2, 0.25) is 0 Å². The van der Waals surface area contributed by atoms with Gasteiger partial charge in [-0.05, 0) is 54.8 Å². The monoisotopic (exact) mass is 478 g/mol. The Morgan fingerprint density at radius 1 is 1.03 bits per heavy atom. The van der Waals surface area contributed by atoms with Crippen LogP contribution in [0.4, 0.5) is 11.4 Å². The van der Waals surface area contributed by atoms with Crippen LogP contribution in [0, 0.1) is 6.92 Å². The predicted octanol–water partition coefficient (Wildman–Crippen LogP) is 5.25. The normalized spacial score (nSPS) is 12.8. The molecule has 3 aromatic carbocycles. The molecule has 0 fully saturated rings. The quantitative estimate of drug-likeness (QED) is 0.525. The Labute approximate surface area is 190 Å². The molecule has 0 spiro atoms. The molecule has 6 heteroatoms. The lowest BCUT2D eigenvalue weighted by Gasteiger charge is -2.30. The van der Waals surface area contributed by atoms with Crippen LogP contribution in [-0.2, 0) is 22.6 Å². The van der Waals surface area contributed by atoms with E-state index in [9.17, 15) is 9.59 Å². The number of hydrogen-bond acceptors (Lipinski definition) is 3. The van der Waals surface area contributed by atoms with E-state index in [0.717, 1.165) is 15.6 Å². The van der Waals surface area contributed by atoms with Gasteiger partial charge < -0.3 is 15.0 Å². The number of fused-ring (bicyclic) bond motifs is 1. The summed E-state index contributed by atoms with van der Waals surface area (Å²) in [4.78, 5) is 26.7. The van der Waals surface area contributed by atoms with E-state index in [0.29, 0.717) is 36.5 Å². The first-order valence-corrected chi connectivity index (χ1v) is 10.9. The number of rotatable bonds is 6. The molecule has 0 unspecified atom stereocenters. The third-order valence-corrected chi connectivity index (χ3v) is 5.73. The zero-order valence-corrected chi connectivity index (χ0v) is 18.8. The Hall–Kier alpha value is -3.12. The van der Waals surface area contributed by atoms with Crippen molar-refractivity contribution in [3.8, 4) is 5.75 Å². The number of nitrogens with one attached hydrogen (secondary N) is 1. The van der Waals surface area contributed by atoms with Crippen molar-refractivity contribution in [1.82, 2.24) is 0 Å². The maximum absolute atomic E-state index is 12.5. The van der Waals surface area contributed by atoms with Crippen molar-refractivity contribution in [2.75, 3.05) is 16.8 Å². The second-order valence-corrected chi connectivity index (χ2v) is 8.53. The molecule has 1 aliphatic heterocycles. The Morgan fingerprint density at radius 2 is 1.74 bits per heavy atom. The number of hydrogen-bond donors (Lipinski definition) is 1. The maximum atomic E-state index is 12.5. The van der Waals surface area contributed by atoms with Crippen molar-refractivity contribution < 1.29 is 14.3 Å². The lowest BCUT2D eigenvalue weighted by Crippen LogP contribution is -2.38. The third kappa shape index (κ3) is 5.33. The first kappa shape index (κ1) is 21.1. The molecular weight excluding hydrogens is 456 g/mol. The van der Waals surface area contributed by atoms with Gasteiger partial charge >= 0.3 is 0 Å². The molecule has 0 aliphatic carbocycles. The van der Waals surface area contributed by atoms with Crippen molar-refractivity contribution in [3.63, 3.8) is 0 Å². The van der Waals surface area contributed by atoms with Crippen LogP contribution < -0.4 is 15.0 Å². The fourth-order valence-electron chi connectivity index (χ4n) is 3.46. The van der Waals surface area contributed by atoms with Gasteiger partial charge in [-0.2, -0.15) is 0 Å². The fraction of sp³-hybridized carbons (Fsp3) is 0.200. The summed E-state index contributed by atoms with van der Waals surface area (Å²) in [7, 11) is 0. The molecule has 2 amide bonds. The number of carbonyl (C=O) groups excluding carboxylic acids is 2. The number of amides is 2. The standard InChI is InChI=1S/C25H23BrN2O3/c1-17-2-4-18(5-3-17)8-13-24(29)27-21-11-12-23-22(14-21)28(25(30)16-31-23)15-19-6-9-20(26)10-7-19/h2-7,9-12,14H,8,13,15-16H2,1H3,(H,27,29). The number of aryl methyl sites for hydroxylation is 2. The summed E-state index contributed by atoms with van der Waals surface area (Å²) in [5.41, 5.74) is 4.65. The number of ether oxygens (including phenoxy) is 1. The second kappa shape index (κ2) is 9.35. The minimum Gasteiger partial charge on any atom is -0.482 e. The van der Waals surface area contributed by atoms with Gasteiger partial charge in [0.25, 0.3) is 5.91 Å². The molecule has 0 saturated carbocycles. The predicted molar refractivity (Wildman–Crippen MR) is 125 cm³/mol. The van der Waals surface area contributed by atoms with E-state index in [-0.39, 0.29) is 18.4 Å². The highest BCUT2D eigenvalue weighted by atomic mass is 79.9. The van der Waals surface area contributed by atoms with E-state index in [1.165, 1.54) is 5.56 Å². The molecule has 5 nitrogen and oxygen atoms in total. The Balaban J connectivity index is 1.46. The average Bonchev–Trinajstić information content (AvgIpc) is 2.77. The zero-order valence-electron chi connectivity index (χ0n) is 17.2. The third-order valence-electron chi connectivity index (χ3n) is 5.20. The molecular formula is C25H23BrN2O3. The lowest BCUT2D eigenvalue weighted by atomic mass is 10.1. The average molecular weight is 479 g/mol. The lowest BCUT2D eigenvalue weighted by molar-refractivity contribution is -0.121. The Bertz CT molecular complexity index is 1090. The van der Waals surface area contributed by atoms with E-state index in [1.54, 1.807) is 23.1 Å². The van der Waals surface area contributed by atoms with Gasteiger partial charge in [-0.1, -0.05) is 57.9 Å². The second-order valence-electron chi connectivity index (χ2n) is 7.61. The van der Waals surface area contributed by atoms with Crippen molar-refractivity contribution in [2.45, 2.75) is 26.3 Å². The highest BCUT2D eigenvalue weighted by molar-refractivity contribution is 9.10. The summed E-state index contributed by atoms with van der Waals surface area (Å²) in [6.07, 6.45) is 1.06. The largest absolute Gasteiger partial charge is 0.482 e. The number of carbonyl (C=O) groups is 2. The summed E-state index contributed by atoms with van der Waals surface area (Å²) >= 11 is 3.43. The number of benzene rings is 3. The van der Waals surface area contributed by atoms with Crippen molar-refractivity contribution in [1.29, 1.82) is 0 Å². The van der Waals surface area contributed by atoms with Gasteiger partial charge in [0, 0.05) is 16.6 Å². The van der Waals surface area contributed by atoms with Crippen LogP contribution in [0.5, 0.6) is 5.75 Å². The molecule has 158 valence electrons. The van der Waals surface area contributed by atoms with Crippen LogP contribution in [0.1, 0.15) is 23.1 Å². The number of anilines is 2. The molecule has 0 aromatic heterocycles. The number of nitrogens with zero attached hydrogens (tertiary/aromatic N) is 1. The topological polar surface area (TPSA) is 58.6 Å². The molecule has 1 N–H and O–H groups in total. The summed E-state index contributed by atoms with van der Waals surface area (Å²) in [5.74, 6) is 0.454. The number of halogens is 1. The van der Waals surface area contributed by atoms with Gasteiger partial charge in [0.2, 0.25) is 5.91 Å². The molecule has 0 bridgehead atoms. The first-order chi connectivity index (χ1) is 15.0. The summed E-state index contributed by atoms with van der Waals surface area (Å²) in [5, 5.41) is 2.94. The molecule has 1 heterocycles. The van der Waals surface area contributed by atoms with Crippen LogP contribution in [0.25, 0.3) is 0 Å². The van der Waals surface area contributed by atoms with Crippen LogP contribution in [-0.4, -0.2) is 18.4 Å². The molecule has 1 aliphatic rings. The Morgan fingerprint density at radius 3 is 2.48 bits per heavy atom. The molecule has 0 saturated heterocycles.